The molecule has 0 spiro atoms. The minimum absolute atomic E-state index is 0.167. The van der Waals surface area contributed by atoms with E-state index in [-0.39, 0.29) is 12.1 Å². The lowest BCUT2D eigenvalue weighted by Gasteiger charge is -2.08. The minimum Gasteiger partial charge on any atom is -0.476 e. The molecule has 0 saturated heterocycles. The van der Waals surface area contributed by atoms with Crippen LogP contribution >= 0.6 is 11.8 Å². The molecule has 0 radical (unpaired) electrons. The van der Waals surface area contributed by atoms with Crippen LogP contribution in [-0.4, -0.2) is 42.1 Å². The van der Waals surface area contributed by atoms with Gasteiger partial charge < -0.3 is 16.2 Å². The summed E-state index contributed by atoms with van der Waals surface area (Å²) in [6, 6.07) is 5.54. The zero-order valence-electron chi connectivity index (χ0n) is 14.8. The Labute approximate surface area is 160 Å². The SMILES string of the molecule is CN=C/C(=C\N)Sc1ccc2c(=O)n(C/C(N)=C/C3=NCCO3)ncc2c1. The topological polar surface area (TPSA) is 121 Å². The van der Waals surface area contributed by atoms with Crippen molar-refractivity contribution in [3.05, 3.63) is 57.6 Å². The molecule has 1 aromatic heterocycles. The van der Waals surface area contributed by atoms with E-state index in [9.17, 15) is 4.79 Å². The predicted octanol–water partition coefficient (Wildman–Crippen LogP) is 1.26. The smallest absolute Gasteiger partial charge is 0.274 e. The van der Waals surface area contributed by atoms with Crippen molar-refractivity contribution in [1.82, 2.24) is 9.78 Å². The number of nitrogens with zero attached hydrogens (tertiary/aromatic N) is 4. The van der Waals surface area contributed by atoms with Crippen molar-refractivity contribution in [2.24, 2.45) is 21.5 Å². The maximum absolute atomic E-state index is 12.7. The normalized spacial score (nSPS) is 15.4. The minimum atomic E-state index is -0.209. The van der Waals surface area contributed by atoms with Gasteiger partial charge in [-0.15, -0.1) is 0 Å². The molecule has 27 heavy (non-hydrogen) atoms. The first-order valence-corrected chi connectivity index (χ1v) is 9.07. The van der Waals surface area contributed by atoms with Gasteiger partial charge in [-0.2, -0.15) is 5.10 Å². The maximum atomic E-state index is 12.7. The van der Waals surface area contributed by atoms with Crippen LogP contribution in [0.1, 0.15) is 0 Å². The predicted molar refractivity (Wildman–Crippen MR) is 109 cm³/mol. The van der Waals surface area contributed by atoms with Crippen LogP contribution in [0.4, 0.5) is 0 Å². The third kappa shape index (κ3) is 4.56. The molecular formula is C18H20N6O2S. The van der Waals surface area contributed by atoms with E-state index in [0.29, 0.717) is 30.1 Å². The van der Waals surface area contributed by atoms with Crippen LogP contribution in [0.3, 0.4) is 0 Å². The number of hydrogen-bond donors (Lipinski definition) is 2. The van der Waals surface area contributed by atoms with Crippen LogP contribution in [0.5, 0.6) is 0 Å². The standard InChI is InChI=1S/C18H20N6O2S/c1-21-10-15(8-19)27-14-2-3-16-12(6-14)9-23-24(18(16)25)11-13(20)7-17-22-4-5-26-17/h2-3,6-10H,4-5,11,19-20H2,1H3/b13-7-,15-8+,21-10?. The highest BCUT2D eigenvalue weighted by Crippen LogP contribution is 2.27. The van der Waals surface area contributed by atoms with Crippen molar-refractivity contribution < 1.29 is 4.74 Å². The summed E-state index contributed by atoms with van der Waals surface area (Å²) in [6.45, 7) is 1.35. The monoisotopic (exact) mass is 384 g/mol. The molecule has 9 heteroatoms. The Morgan fingerprint density at radius 1 is 1.48 bits per heavy atom. The van der Waals surface area contributed by atoms with E-state index in [1.807, 2.05) is 12.1 Å². The van der Waals surface area contributed by atoms with Gasteiger partial charge in [-0.25, -0.2) is 9.67 Å². The summed E-state index contributed by atoms with van der Waals surface area (Å²) in [7, 11) is 1.68. The third-order valence-corrected chi connectivity index (χ3v) is 4.70. The van der Waals surface area contributed by atoms with Crippen molar-refractivity contribution in [1.29, 1.82) is 0 Å². The number of ether oxygens (including phenoxy) is 1. The molecule has 2 aromatic rings. The molecule has 0 atom stereocenters. The van der Waals surface area contributed by atoms with Crippen molar-refractivity contribution >= 4 is 34.6 Å². The van der Waals surface area contributed by atoms with Crippen LogP contribution in [0.2, 0.25) is 0 Å². The lowest BCUT2D eigenvalue weighted by molar-refractivity contribution is 0.349. The van der Waals surface area contributed by atoms with E-state index in [1.54, 1.807) is 31.6 Å². The van der Waals surface area contributed by atoms with Gasteiger partial charge in [0.2, 0.25) is 5.90 Å². The Morgan fingerprint density at radius 3 is 3.04 bits per heavy atom. The molecule has 3 rings (SSSR count). The summed E-state index contributed by atoms with van der Waals surface area (Å²) in [6.07, 6.45) is 6.45. The molecule has 4 N–H and O–H groups in total. The van der Waals surface area contributed by atoms with Gasteiger partial charge >= 0.3 is 0 Å². The zero-order valence-corrected chi connectivity index (χ0v) is 15.6. The van der Waals surface area contributed by atoms with Gasteiger partial charge in [0.25, 0.3) is 5.56 Å². The average Bonchev–Trinajstić information content (AvgIpc) is 3.16. The third-order valence-electron chi connectivity index (χ3n) is 3.73. The molecule has 0 bridgehead atoms. The fourth-order valence-electron chi connectivity index (χ4n) is 2.52. The van der Waals surface area contributed by atoms with E-state index in [0.717, 1.165) is 15.2 Å². The second-order valence-corrected chi connectivity index (χ2v) is 6.85. The molecular weight excluding hydrogens is 364 g/mol. The summed E-state index contributed by atoms with van der Waals surface area (Å²) < 4.78 is 6.62. The number of aliphatic imine (C=N–C) groups is 2. The Balaban J connectivity index is 1.85. The molecule has 0 saturated carbocycles. The van der Waals surface area contributed by atoms with Crippen LogP contribution in [0, 0.1) is 0 Å². The number of benzene rings is 1. The van der Waals surface area contributed by atoms with E-state index < -0.39 is 0 Å². The largest absolute Gasteiger partial charge is 0.476 e. The molecule has 1 aliphatic rings. The Morgan fingerprint density at radius 2 is 2.33 bits per heavy atom. The number of fused-ring (bicyclic) bond motifs is 1. The number of aromatic nitrogens is 2. The van der Waals surface area contributed by atoms with Crippen molar-refractivity contribution in [2.45, 2.75) is 11.4 Å². The highest BCUT2D eigenvalue weighted by Gasteiger charge is 2.09. The molecule has 2 heterocycles. The molecule has 0 unspecified atom stereocenters. The summed E-state index contributed by atoms with van der Waals surface area (Å²) in [4.78, 5) is 22.6. The second kappa shape index (κ2) is 8.54. The van der Waals surface area contributed by atoms with E-state index in [4.69, 9.17) is 16.2 Å². The van der Waals surface area contributed by atoms with Crippen molar-refractivity contribution in [2.75, 3.05) is 20.2 Å². The molecule has 1 aromatic carbocycles. The summed E-state index contributed by atoms with van der Waals surface area (Å²) >= 11 is 1.46. The van der Waals surface area contributed by atoms with Gasteiger partial charge in [-0.3, -0.25) is 9.79 Å². The number of thioether (sulfide) groups is 1. The first kappa shape index (κ1) is 18.7. The second-order valence-electron chi connectivity index (χ2n) is 5.70. The molecule has 140 valence electrons. The lowest BCUT2D eigenvalue weighted by Crippen LogP contribution is -2.25. The molecule has 0 aliphatic carbocycles. The number of hydrogen-bond acceptors (Lipinski definition) is 8. The highest BCUT2D eigenvalue weighted by atomic mass is 32.2. The van der Waals surface area contributed by atoms with Crippen LogP contribution in [-0.2, 0) is 11.3 Å². The zero-order chi connectivity index (χ0) is 19.2. The summed E-state index contributed by atoms with van der Waals surface area (Å²) in [5.41, 5.74) is 11.8. The van der Waals surface area contributed by atoms with Crippen molar-refractivity contribution in [3.8, 4) is 0 Å². The van der Waals surface area contributed by atoms with E-state index in [2.05, 4.69) is 15.1 Å². The molecule has 0 amide bonds. The van der Waals surface area contributed by atoms with Gasteiger partial charge in [0.1, 0.15) is 6.61 Å². The quantitative estimate of drug-likeness (QED) is 0.571. The number of nitrogens with two attached hydrogens (primary N) is 2. The first-order valence-electron chi connectivity index (χ1n) is 8.26. The number of allylic oxidation sites excluding steroid dienone is 2. The van der Waals surface area contributed by atoms with Gasteiger partial charge in [0.15, 0.2) is 0 Å². The number of rotatable bonds is 6. The lowest BCUT2D eigenvalue weighted by atomic mass is 10.2. The molecule has 8 nitrogen and oxygen atoms in total. The van der Waals surface area contributed by atoms with Gasteiger partial charge in [0, 0.05) is 46.4 Å². The van der Waals surface area contributed by atoms with Gasteiger partial charge in [-0.1, -0.05) is 11.8 Å². The maximum Gasteiger partial charge on any atom is 0.274 e. The van der Waals surface area contributed by atoms with E-state index in [1.165, 1.54) is 22.6 Å². The molecule has 0 fully saturated rings. The summed E-state index contributed by atoms with van der Waals surface area (Å²) in [5.74, 6) is 0.488. The molecule has 1 aliphatic heterocycles. The first-order chi connectivity index (χ1) is 13.1. The van der Waals surface area contributed by atoms with Crippen molar-refractivity contribution in [3.63, 3.8) is 0 Å². The Bertz CT molecular complexity index is 1020. The average molecular weight is 384 g/mol. The fourth-order valence-corrected chi connectivity index (χ4v) is 3.35. The highest BCUT2D eigenvalue weighted by molar-refractivity contribution is 8.04. The van der Waals surface area contributed by atoms with E-state index >= 15 is 0 Å². The van der Waals surface area contributed by atoms with Crippen LogP contribution in [0.25, 0.3) is 10.8 Å². The fraction of sp³-hybridized carbons (Fsp3) is 0.222. The van der Waals surface area contributed by atoms with Crippen LogP contribution < -0.4 is 17.0 Å². The Hall–Kier alpha value is -3.07. The Kier molecular flexibility index (Phi) is 5.92. The van der Waals surface area contributed by atoms with Gasteiger partial charge in [-0.05, 0) is 18.2 Å². The summed E-state index contributed by atoms with van der Waals surface area (Å²) in [5, 5.41) is 5.54. The van der Waals surface area contributed by atoms with Crippen LogP contribution in [0.15, 0.2) is 66.9 Å². The van der Waals surface area contributed by atoms with Gasteiger partial charge in [0.05, 0.1) is 24.7 Å².